The van der Waals surface area contributed by atoms with Gasteiger partial charge in [0.25, 0.3) is 0 Å². The molecule has 0 saturated heterocycles. The van der Waals surface area contributed by atoms with Crippen LogP contribution in [-0.2, 0) is 6.42 Å². The molecule has 0 amide bonds. The second-order valence-corrected chi connectivity index (χ2v) is 5.66. The molecule has 20 heavy (non-hydrogen) atoms. The Morgan fingerprint density at radius 3 is 2.80 bits per heavy atom. The normalized spacial score (nSPS) is 10.7. The van der Waals surface area contributed by atoms with Gasteiger partial charge in [0.15, 0.2) is 0 Å². The summed E-state index contributed by atoms with van der Waals surface area (Å²) in [4.78, 5) is 8.23. The summed E-state index contributed by atoms with van der Waals surface area (Å²) in [5, 5.41) is 3.65. The van der Waals surface area contributed by atoms with E-state index in [1.54, 1.807) is 6.07 Å². The molecule has 0 saturated carbocycles. The summed E-state index contributed by atoms with van der Waals surface area (Å²) in [7, 11) is 0. The average molecular weight is 359 g/mol. The van der Waals surface area contributed by atoms with Crippen molar-refractivity contribution in [2.45, 2.75) is 26.7 Å². The lowest BCUT2D eigenvalue weighted by atomic mass is 10.1. The smallest absolute Gasteiger partial charge is 0.138 e. The summed E-state index contributed by atoms with van der Waals surface area (Å²) >= 11 is 9.29. The van der Waals surface area contributed by atoms with Gasteiger partial charge >= 0.3 is 0 Å². The molecule has 0 fully saturated rings. The molecule has 3 nitrogen and oxygen atoms in total. The van der Waals surface area contributed by atoms with Crippen LogP contribution in [0.1, 0.15) is 24.5 Å². The predicted octanol–water partition coefficient (Wildman–Crippen LogP) is 5.04. The van der Waals surface area contributed by atoms with E-state index in [1.165, 1.54) is 12.4 Å². The first-order valence-electron chi connectivity index (χ1n) is 6.25. The number of aromatic nitrogens is 2. The lowest BCUT2D eigenvalue weighted by Crippen LogP contribution is -2.03. The Bertz CT molecular complexity index is 634. The van der Waals surface area contributed by atoms with E-state index in [4.69, 9.17) is 11.6 Å². The van der Waals surface area contributed by atoms with E-state index in [2.05, 4.69) is 38.1 Å². The number of nitrogens with one attached hydrogen (secondary N) is 1. The lowest BCUT2D eigenvalue weighted by Gasteiger charge is -2.13. The Hall–Kier alpha value is -1.20. The molecule has 2 aromatic rings. The van der Waals surface area contributed by atoms with Gasteiger partial charge in [-0.05, 0) is 47.0 Å². The second-order valence-electron chi connectivity index (χ2n) is 4.45. The first-order valence-corrected chi connectivity index (χ1v) is 7.42. The quantitative estimate of drug-likeness (QED) is 0.778. The van der Waals surface area contributed by atoms with Gasteiger partial charge in [-0.15, -0.1) is 0 Å². The predicted molar refractivity (Wildman–Crippen MR) is 83.2 cm³/mol. The minimum atomic E-state index is -0.289. The molecule has 1 aromatic heterocycles. The zero-order valence-electron chi connectivity index (χ0n) is 11.2. The van der Waals surface area contributed by atoms with Crippen LogP contribution in [0.3, 0.4) is 0 Å². The van der Waals surface area contributed by atoms with Crippen molar-refractivity contribution in [3.8, 4) is 0 Å². The molecule has 0 aliphatic rings. The molecule has 0 atom stereocenters. The van der Waals surface area contributed by atoms with E-state index in [9.17, 15) is 4.39 Å². The van der Waals surface area contributed by atoms with Crippen LogP contribution in [0.5, 0.6) is 0 Å². The van der Waals surface area contributed by atoms with Gasteiger partial charge in [-0.3, -0.25) is 0 Å². The lowest BCUT2D eigenvalue weighted by molar-refractivity contribution is 0.620. The maximum atomic E-state index is 13.4. The number of aryl methyl sites for hydroxylation is 1. The van der Waals surface area contributed by atoms with Gasteiger partial charge in [0, 0.05) is 11.3 Å². The van der Waals surface area contributed by atoms with Crippen LogP contribution in [0.4, 0.5) is 15.9 Å². The maximum Gasteiger partial charge on any atom is 0.138 e. The Morgan fingerprint density at radius 1 is 1.35 bits per heavy atom. The second kappa shape index (κ2) is 6.50. The molecule has 0 bridgehead atoms. The summed E-state index contributed by atoms with van der Waals surface area (Å²) in [5.74, 6) is 0.371. The van der Waals surface area contributed by atoms with Crippen LogP contribution in [0, 0.1) is 12.7 Å². The molecule has 0 radical (unpaired) electrons. The first-order chi connectivity index (χ1) is 9.52. The summed E-state index contributed by atoms with van der Waals surface area (Å²) in [6.45, 7) is 3.90. The molecule has 1 N–H and O–H groups in total. The number of anilines is 2. The van der Waals surface area contributed by atoms with Crippen molar-refractivity contribution < 1.29 is 4.39 Å². The van der Waals surface area contributed by atoms with E-state index in [1.807, 2.05) is 6.92 Å². The number of nitrogens with zero attached hydrogens (tertiary/aromatic N) is 2. The molecule has 0 unspecified atom stereocenters. The molecule has 0 spiro atoms. The highest BCUT2D eigenvalue weighted by atomic mass is 79.9. The summed E-state index contributed by atoms with van der Waals surface area (Å²) in [5.41, 5.74) is 2.45. The summed E-state index contributed by atoms with van der Waals surface area (Å²) < 4.78 is 13.8. The highest BCUT2D eigenvalue weighted by Crippen LogP contribution is 2.29. The van der Waals surface area contributed by atoms with Gasteiger partial charge in [-0.2, -0.15) is 0 Å². The van der Waals surface area contributed by atoms with Crippen LogP contribution in [0.25, 0.3) is 0 Å². The summed E-state index contributed by atoms with van der Waals surface area (Å²) in [6.07, 6.45) is 3.13. The topological polar surface area (TPSA) is 37.8 Å². The van der Waals surface area contributed by atoms with Gasteiger partial charge in [-0.1, -0.05) is 24.9 Å². The van der Waals surface area contributed by atoms with Crippen LogP contribution in [0.2, 0.25) is 5.15 Å². The number of halogens is 3. The Labute approximate surface area is 130 Å². The minimum Gasteiger partial charge on any atom is -0.340 e. The molecule has 1 aromatic carbocycles. The highest BCUT2D eigenvalue weighted by molar-refractivity contribution is 9.10. The average Bonchev–Trinajstić information content (AvgIpc) is 2.40. The summed E-state index contributed by atoms with van der Waals surface area (Å²) in [6, 6.07) is 3.16. The van der Waals surface area contributed by atoms with Crippen molar-refractivity contribution in [1.29, 1.82) is 0 Å². The molecular formula is C14H14BrClFN3. The van der Waals surface area contributed by atoms with E-state index in [0.717, 1.165) is 29.7 Å². The SMILES string of the molecule is CCCc1c(Cl)ncnc1Nc1cc(Br)c(F)cc1C. The highest BCUT2D eigenvalue weighted by Gasteiger charge is 2.11. The van der Waals surface area contributed by atoms with Gasteiger partial charge in [0.05, 0.1) is 4.47 Å². The number of benzene rings is 1. The fraction of sp³-hybridized carbons (Fsp3) is 0.286. The fourth-order valence-electron chi connectivity index (χ4n) is 1.88. The van der Waals surface area contributed by atoms with E-state index < -0.39 is 0 Å². The molecular weight excluding hydrogens is 345 g/mol. The van der Waals surface area contributed by atoms with Crippen LogP contribution < -0.4 is 5.32 Å². The number of hydrogen-bond acceptors (Lipinski definition) is 3. The van der Waals surface area contributed by atoms with Crippen molar-refractivity contribution >= 4 is 39.0 Å². The minimum absolute atomic E-state index is 0.289. The van der Waals surface area contributed by atoms with Crippen molar-refractivity contribution in [3.05, 3.63) is 45.0 Å². The van der Waals surface area contributed by atoms with Crippen molar-refractivity contribution in [3.63, 3.8) is 0 Å². The Balaban J connectivity index is 2.40. The Kier molecular flexibility index (Phi) is 4.94. The zero-order chi connectivity index (χ0) is 14.7. The van der Waals surface area contributed by atoms with Gasteiger partial charge in [0.1, 0.15) is 23.1 Å². The van der Waals surface area contributed by atoms with Gasteiger partial charge < -0.3 is 5.32 Å². The number of hydrogen-bond donors (Lipinski definition) is 1. The number of rotatable bonds is 4. The van der Waals surface area contributed by atoms with Crippen molar-refractivity contribution in [1.82, 2.24) is 9.97 Å². The first kappa shape index (κ1) is 15.2. The van der Waals surface area contributed by atoms with Crippen LogP contribution >= 0.6 is 27.5 Å². The fourth-order valence-corrected chi connectivity index (χ4v) is 2.45. The maximum absolute atomic E-state index is 13.4. The molecule has 106 valence electrons. The van der Waals surface area contributed by atoms with Crippen LogP contribution in [-0.4, -0.2) is 9.97 Å². The monoisotopic (exact) mass is 357 g/mol. The van der Waals surface area contributed by atoms with Crippen molar-refractivity contribution in [2.24, 2.45) is 0 Å². The van der Waals surface area contributed by atoms with E-state index >= 15 is 0 Å². The Morgan fingerprint density at radius 2 is 2.10 bits per heavy atom. The van der Waals surface area contributed by atoms with Crippen molar-refractivity contribution in [2.75, 3.05) is 5.32 Å². The third-order valence-electron chi connectivity index (χ3n) is 2.91. The van der Waals surface area contributed by atoms with Gasteiger partial charge in [0.2, 0.25) is 0 Å². The molecule has 1 heterocycles. The molecule has 0 aliphatic carbocycles. The van der Waals surface area contributed by atoms with E-state index in [-0.39, 0.29) is 5.82 Å². The third-order valence-corrected chi connectivity index (χ3v) is 3.85. The third kappa shape index (κ3) is 3.27. The van der Waals surface area contributed by atoms with Gasteiger partial charge in [-0.25, -0.2) is 14.4 Å². The molecule has 6 heteroatoms. The largest absolute Gasteiger partial charge is 0.340 e. The molecule has 2 rings (SSSR count). The standard InChI is InChI=1S/C14H14BrClFN3/c1-3-4-9-13(16)18-7-19-14(9)20-12-6-10(15)11(17)5-8(12)2/h5-7H,3-4H2,1-2H3,(H,18,19,20). The van der Waals surface area contributed by atoms with Crippen LogP contribution in [0.15, 0.2) is 22.9 Å². The van der Waals surface area contributed by atoms with E-state index in [0.29, 0.717) is 15.4 Å². The zero-order valence-corrected chi connectivity index (χ0v) is 13.5. The molecule has 0 aliphatic heterocycles.